The number of hydrogen-bond donors (Lipinski definition) is 0. The van der Waals surface area contributed by atoms with Crippen LogP contribution in [0.5, 0.6) is 0 Å². The van der Waals surface area contributed by atoms with Crippen LogP contribution in [0.4, 0.5) is 26.3 Å². The lowest BCUT2D eigenvalue weighted by molar-refractivity contribution is -0.268. The van der Waals surface area contributed by atoms with Crippen LogP contribution in [0.3, 0.4) is 0 Å². The first-order valence-electron chi connectivity index (χ1n) is 2.34. The maximum absolute atomic E-state index is 11.8. The van der Waals surface area contributed by atoms with E-state index in [-0.39, 0.29) is 6.92 Å². The smallest absolute Gasteiger partial charge is 0.200 e. The predicted octanol–water partition coefficient (Wildman–Crippen LogP) is 3.07. The zero-order valence-electron chi connectivity index (χ0n) is 5.18. The van der Waals surface area contributed by atoms with Gasteiger partial charge in [0.1, 0.15) is 0 Å². The van der Waals surface area contributed by atoms with Crippen molar-refractivity contribution in [2.45, 2.75) is 24.0 Å². The van der Waals surface area contributed by atoms with Gasteiger partial charge >= 0.3 is 17.1 Å². The fraction of sp³-hybridized carbons (Fsp3) is 1.00. The molecule has 0 aliphatic rings. The summed E-state index contributed by atoms with van der Waals surface area (Å²) >= 11 is 2.91. The van der Waals surface area contributed by atoms with Crippen LogP contribution in [0.1, 0.15) is 6.92 Å². The molecule has 0 spiro atoms. The molecule has 67 valence electrons. The Kier molecular flexibility index (Phi) is 2.45. The lowest BCUT2D eigenvalue weighted by Gasteiger charge is -2.26. The van der Waals surface area contributed by atoms with Gasteiger partial charge in [-0.25, -0.2) is 0 Å². The SMILES string of the molecule is CC(F)(F)C(F)(F)C(F)(F)[S]. The monoisotopic (exact) mass is 197 g/mol. The summed E-state index contributed by atoms with van der Waals surface area (Å²) in [5.41, 5.74) is 0. The zero-order valence-corrected chi connectivity index (χ0v) is 5.99. The van der Waals surface area contributed by atoms with Crippen molar-refractivity contribution in [2.75, 3.05) is 0 Å². The third-order valence-corrected chi connectivity index (χ3v) is 1.17. The Morgan fingerprint density at radius 2 is 1.18 bits per heavy atom. The molecule has 0 atom stereocenters. The molecular formula is C4H3F6S. The minimum Gasteiger partial charge on any atom is -0.200 e. The largest absolute Gasteiger partial charge is 0.382 e. The second-order valence-electron chi connectivity index (χ2n) is 1.98. The summed E-state index contributed by atoms with van der Waals surface area (Å²) in [6, 6.07) is 0. The van der Waals surface area contributed by atoms with Gasteiger partial charge in [0.15, 0.2) is 0 Å². The summed E-state index contributed by atoms with van der Waals surface area (Å²) in [5.74, 6) is -10.3. The second-order valence-corrected chi connectivity index (χ2v) is 2.49. The van der Waals surface area contributed by atoms with Gasteiger partial charge in [0.2, 0.25) is 0 Å². The molecular weight excluding hydrogens is 194 g/mol. The second kappa shape index (κ2) is 2.46. The normalized spacial score (nSPS) is 15.3. The molecule has 11 heavy (non-hydrogen) atoms. The molecule has 0 fully saturated rings. The molecule has 1 radical (unpaired) electrons. The van der Waals surface area contributed by atoms with Crippen molar-refractivity contribution >= 4 is 12.6 Å². The Morgan fingerprint density at radius 1 is 0.909 bits per heavy atom. The van der Waals surface area contributed by atoms with E-state index >= 15 is 0 Å². The van der Waals surface area contributed by atoms with Gasteiger partial charge in [0.25, 0.3) is 0 Å². The van der Waals surface area contributed by atoms with Crippen molar-refractivity contribution in [3.8, 4) is 0 Å². The van der Waals surface area contributed by atoms with Gasteiger partial charge in [0.05, 0.1) is 0 Å². The first kappa shape index (κ1) is 10.9. The van der Waals surface area contributed by atoms with Crippen LogP contribution in [0.2, 0.25) is 0 Å². The van der Waals surface area contributed by atoms with Crippen LogP contribution in [0.15, 0.2) is 0 Å². The van der Waals surface area contributed by atoms with E-state index in [1.165, 1.54) is 0 Å². The zero-order chi connectivity index (χ0) is 9.50. The van der Waals surface area contributed by atoms with Crippen molar-refractivity contribution < 1.29 is 26.3 Å². The maximum Gasteiger partial charge on any atom is 0.382 e. The highest BCUT2D eigenvalue weighted by Crippen LogP contribution is 2.47. The molecule has 0 aromatic carbocycles. The molecule has 0 aliphatic carbocycles. The molecule has 0 bridgehead atoms. The van der Waals surface area contributed by atoms with Crippen LogP contribution in [-0.4, -0.2) is 17.1 Å². The summed E-state index contributed by atoms with van der Waals surface area (Å²) in [6.07, 6.45) is 0. The summed E-state index contributed by atoms with van der Waals surface area (Å²) < 4.78 is 70.2. The Balaban J connectivity index is 4.75. The molecule has 0 unspecified atom stereocenters. The summed E-state index contributed by atoms with van der Waals surface area (Å²) in [5, 5.41) is -5.12. The van der Waals surface area contributed by atoms with Gasteiger partial charge in [0, 0.05) is 6.92 Å². The van der Waals surface area contributed by atoms with E-state index in [4.69, 9.17) is 0 Å². The minimum atomic E-state index is -5.48. The van der Waals surface area contributed by atoms with Crippen molar-refractivity contribution in [2.24, 2.45) is 0 Å². The molecule has 0 saturated heterocycles. The van der Waals surface area contributed by atoms with Crippen LogP contribution in [0, 0.1) is 0 Å². The standard InChI is InChI=1S/C4H3F6S/c1-2(5,6)3(7,8)4(9,10)11/h1H3. The number of halogens is 6. The molecule has 0 N–H and O–H groups in total. The van der Waals surface area contributed by atoms with E-state index < -0.39 is 17.1 Å². The summed E-state index contributed by atoms with van der Waals surface area (Å²) in [4.78, 5) is 0. The van der Waals surface area contributed by atoms with E-state index in [1.54, 1.807) is 0 Å². The lowest BCUT2D eigenvalue weighted by Crippen LogP contribution is -2.49. The van der Waals surface area contributed by atoms with E-state index in [1.807, 2.05) is 0 Å². The van der Waals surface area contributed by atoms with Crippen LogP contribution >= 0.6 is 12.6 Å². The van der Waals surface area contributed by atoms with Crippen molar-refractivity contribution in [1.82, 2.24) is 0 Å². The first-order chi connectivity index (χ1) is 4.50. The Bertz CT molecular complexity index is 126. The van der Waals surface area contributed by atoms with Crippen LogP contribution < -0.4 is 0 Å². The van der Waals surface area contributed by atoms with E-state index in [2.05, 4.69) is 12.6 Å². The third kappa shape index (κ3) is 1.94. The highest BCUT2D eigenvalue weighted by atomic mass is 32.1. The fourth-order valence-electron chi connectivity index (χ4n) is 0.256. The molecule has 0 aliphatic heterocycles. The average molecular weight is 197 g/mol. The van der Waals surface area contributed by atoms with Crippen molar-refractivity contribution in [3.05, 3.63) is 0 Å². The topological polar surface area (TPSA) is 0 Å². The van der Waals surface area contributed by atoms with Gasteiger partial charge in [-0.2, -0.15) is 26.3 Å². The minimum absolute atomic E-state index is 0.312. The quantitative estimate of drug-likeness (QED) is 0.597. The molecule has 0 heterocycles. The van der Waals surface area contributed by atoms with Crippen molar-refractivity contribution in [3.63, 3.8) is 0 Å². The summed E-state index contributed by atoms with van der Waals surface area (Å²) in [6.45, 7) is -0.312. The molecule has 0 nitrogen and oxygen atoms in total. The average Bonchev–Trinajstić information content (AvgIpc) is 1.58. The molecule has 0 aromatic rings. The Morgan fingerprint density at radius 3 is 1.18 bits per heavy atom. The molecule has 0 saturated carbocycles. The van der Waals surface area contributed by atoms with E-state index in [0.717, 1.165) is 0 Å². The van der Waals surface area contributed by atoms with E-state index in [9.17, 15) is 26.3 Å². The third-order valence-electron chi connectivity index (χ3n) is 0.917. The van der Waals surface area contributed by atoms with Crippen LogP contribution in [0.25, 0.3) is 0 Å². The highest BCUT2D eigenvalue weighted by Gasteiger charge is 2.68. The van der Waals surface area contributed by atoms with Crippen molar-refractivity contribution in [1.29, 1.82) is 0 Å². The molecule has 7 heteroatoms. The van der Waals surface area contributed by atoms with Gasteiger partial charge < -0.3 is 0 Å². The van der Waals surface area contributed by atoms with Gasteiger partial charge in [-0.05, 0) is 12.6 Å². The van der Waals surface area contributed by atoms with Gasteiger partial charge in [-0.1, -0.05) is 0 Å². The molecule has 0 aromatic heterocycles. The van der Waals surface area contributed by atoms with Gasteiger partial charge in [-0.15, -0.1) is 0 Å². The van der Waals surface area contributed by atoms with E-state index in [0.29, 0.717) is 0 Å². The highest BCUT2D eigenvalue weighted by molar-refractivity contribution is 7.81. The first-order valence-corrected chi connectivity index (χ1v) is 2.75. The Hall–Kier alpha value is -0.0700. The van der Waals surface area contributed by atoms with Gasteiger partial charge in [-0.3, -0.25) is 0 Å². The summed E-state index contributed by atoms with van der Waals surface area (Å²) in [7, 11) is 0. The molecule has 0 amide bonds. The molecule has 0 rings (SSSR count). The maximum atomic E-state index is 11.8. The fourth-order valence-corrected chi connectivity index (χ4v) is 0.435. The number of rotatable bonds is 2. The van der Waals surface area contributed by atoms with Crippen LogP contribution in [-0.2, 0) is 0 Å². The number of hydrogen-bond acceptors (Lipinski definition) is 0. The lowest BCUT2D eigenvalue weighted by atomic mass is 10.2. The predicted molar refractivity (Wildman–Crippen MR) is 28.1 cm³/mol. The Labute approximate surface area is 64.0 Å². The number of alkyl halides is 6.